The number of fused-ring (bicyclic) bond motifs is 1. The van der Waals surface area contributed by atoms with Crippen molar-refractivity contribution in [3.8, 4) is 11.5 Å². The third kappa shape index (κ3) is 2.03. The Kier molecular flexibility index (Phi) is 2.49. The third-order valence-corrected chi connectivity index (χ3v) is 2.65. The van der Waals surface area contributed by atoms with Crippen molar-refractivity contribution in [3.05, 3.63) is 58.4 Å². The van der Waals surface area contributed by atoms with E-state index in [9.17, 15) is 14.5 Å². The van der Waals surface area contributed by atoms with Gasteiger partial charge in [0.05, 0.1) is 4.92 Å². The van der Waals surface area contributed by atoms with E-state index in [2.05, 4.69) is 4.98 Å². The largest absolute Gasteiger partial charge is 0.436 e. The zero-order valence-electron chi connectivity index (χ0n) is 9.54. The molecule has 0 aliphatic heterocycles. The molecule has 0 bridgehead atoms. The maximum Gasteiger partial charge on any atom is 0.270 e. The van der Waals surface area contributed by atoms with Crippen molar-refractivity contribution in [1.82, 2.24) is 4.98 Å². The van der Waals surface area contributed by atoms with Crippen molar-refractivity contribution in [2.75, 3.05) is 0 Å². The first-order chi connectivity index (χ1) is 9.13. The number of rotatable bonds is 2. The Bertz CT molecular complexity index is 782. The predicted molar refractivity (Wildman–Crippen MR) is 66.1 cm³/mol. The van der Waals surface area contributed by atoms with Crippen LogP contribution >= 0.6 is 0 Å². The van der Waals surface area contributed by atoms with E-state index in [4.69, 9.17) is 4.42 Å². The molecule has 0 saturated carbocycles. The van der Waals surface area contributed by atoms with Crippen molar-refractivity contribution in [1.29, 1.82) is 0 Å². The van der Waals surface area contributed by atoms with Crippen LogP contribution < -0.4 is 0 Å². The molecule has 0 N–H and O–H groups in total. The highest BCUT2D eigenvalue weighted by atomic mass is 19.1. The van der Waals surface area contributed by atoms with Gasteiger partial charge in [0, 0.05) is 23.8 Å². The van der Waals surface area contributed by atoms with E-state index in [1.807, 2.05) is 0 Å². The molecule has 0 aliphatic rings. The second-order valence-corrected chi connectivity index (χ2v) is 3.94. The number of hydrogen-bond acceptors (Lipinski definition) is 4. The molecule has 3 aromatic rings. The van der Waals surface area contributed by atoms with Crippen LogP contribution in [-0.2, 0) is 0 Å². The minimum absolute atomic E-state index is 0.0501. The van der Waals surface area contributed by atoms with E-state index in [0.717, 1.165) is 0 Å². The summed E-state index contributed by atoms with van der Waals surface area (Å²) in [4.78, 5) is 14.4. The molecule has 6 heteroatoms. The zero-order valence-corrected chi connectivity index (χ0v) is 9.54. The summed E-state index contributed by atoms with van der Waals surface area (Å²) in [5.74, 6) is -0.196. The van der Waals surface area contributed by atoms with Gasteiger partial charge in [0.2, 0.25) is 5.89 Å². The van der Waals surface area contributed by atoms with Gasteiger partial charge in [0.25, 0.3) is 5.69 Å². The Balaban J connectivity index is 2.13. The smallest absolute Gasteiger partial charge is 0.270 e. The highest BCUT2D eigenvalue weighted by Gasteiger charge is 2.12. The average molecular weight is 258 g/mol. The Hall–Kier alpha value is -2.76. The van der Waals surface area contributed by atoms with Crippen molar-refractivity contribution in [2.24, 2.45) is 0 Å². The number of nitro groups is 1. The van der Waals surface area contributed by atoms with Crippen molar-refractivity contribution in [2.45, 2.75) is 0 Å². The highest BCUT2D eigenvalue weighted by Crippen LogP contribution is 2.27. The van der Waals surface area contributed by atoms with E-state index in [-0.39, 0.29) is 11.6 Å². The standard InChI is InChI=1S/C13H7FN2O3/c14-9-4-5-11-12(7-9)19-13(15-11)8-2-1-3-10(6-8)16(17)18/h1-7H. The van der Waals surface area contributed by atoms with Crippen LogP contribution in [0, 0.1) is 15.9 Å². The van der Waals surface area contributed by atoms with E-state index >= 15 is 0 Å². The minimum Gasteiger partial charge on any atom is -0.436 e. The first kappa shape index (κ1) is 11.3. The van der Waals surface area contributed by atoms with Gasteiger partial charge in [-0.15, -0.1) is 0 Å². The Morgan fingerprint density at radius 3 is 2.84 bits per heavy atom. The summed E-state index contributed by atoms with van der Waals surface area (Å²) in [6.45, 7) is 0. The van der Waals surface area contributed by atoms with Gasteiger partial charge in [-0.05, 0) is 18.2 Å². The molecule has 0 atom stereocenters. The van der Waals surface area contributed by atoms with Crippen LogP contribution in [0.2, 0.25) is 0 Å². The summed E-state index contributed by atoms with van der Waals surface area (Å²) >= 11 is 0. The number of benzene rings is 2. The third-order valence-electron chi connectivity index (χ3n) is 2.65. The number of oxazole rings is 1. The van der Waals surface area contributed by atoms with Crippen LogP contribution in [0.4, 0.5) is 10.1 Å². The number of non-ortho nitro benzene ring substituents is 1. The van der Waals surface area contributed by atoms with E-state index in [1.54, 1.807) is 12.1 Å². The SMILES string of the molecule is O=[N+]([O-])c1cccc(-c2nc3ccc(F)cc3o2)c1. The molecule has 0 unspecified atom stereocenters. The summed E-state index contributed by atoms with van der Waals surface area (Å²) in [7, 11) is 0. The van der Waals surface area contributed by atoms with Gasteiger partial charge >= 0.3 is 0 Å². The molecular weight excluding hydrogens is 251 g/mol. The summed E-state index contributed by atoms with van der Waals surface area (Å²) in [6, 6.07) is 9.93. The van der Waals surface area contributed by atoms with E-state index in [0.29, 0.717) is 16.7 Å². The van der Waals surface area contributed by atoms with Gasteiger partial charge in [0.1, 0.15) is 11.3 Å². The van der Waals surface area contributed by atoms with Crippen LogP contribution in [0.25, 0.3) is 22.6 Å². The number of hydrogen-bond donors (Lipinski definition) is 0. The van der Waals surface area contributed by atoms with E-state index in [1.165, 1.54) is 30.3 Å². The lowest BCUT2D eigenvalue weighted by molar-refractivity contribution is -0.384. The molecule has 1 aromatic heterocycles. The molecule has 2 aromatic carbocycles. The fraction of sp³-hybridized carbons (Fsp3) is 0. The predicted octanol–water partition coefficient (Wildman–Crippen LogP) is 3.54. The molecule has 0 spiro atoms. The van der Waals surface area contributed by atoms with Crippen LogP contribution in [0.3, 0.4) is 0 Å². The summed E-state index contributed by atoms with van der Waals surface area (Å²) < 4.78 is 18.4. The van der Waals surface area contributed by atoms with Crippen LogP contribution in [-0.4, -0.2) is 9.91 Å². The molecule has 0 saturated heterocycles. The number of aromatic nitrogens is 1. The first-order valence-electron chi connectivity index (χ1n) is 5.44. The second-order valence-electron chi connectivity index (χ2n) is 3.94. The maximum absolute atomic E-state index is 13.0. The first-order valence-corrected chi connectivity index (χ1v) is 5.44. The van der Waals surface area contributed by atoms with Crippen molar-refractivity contribution in [3.63, 3.8) is 0 Å². The van der Waals surface area contributed by atoms with Crippen molar-refractivity contribution >= 4 is 16.8 Å². The lowest BCUT2D eigenvalue weighted by Gasteiger charge is -1.94. The van der Waals surface area contributed by atoms with Crippen molar-refractivity contribution < 1.29 is 13.7 Å². The van der Waals surface area contributed by atoms with Gasteiger partial charge in [-0.2, -0.15) is 0 Å². The molecule has 94 valence electrons. The lowest BCUT2D eigenvalue weighted by Crippen LogP contribution is -1.87. The van der Waals surface area contributed by atoms with Gasteiger partial charge in [0.15, 0.2) is 5.58 Å². The average Bonchev–Trinajstić information content (AvgIpc) is 2.81. The normalized spacial score (nSPS) is 10.8. The van der Waals surface area contributed by atoms with Crippen LogP contribution in [0.15, 0.2) is 46.9 Å². The highest BCUT2D eigenvalue weighted by molar-refractivity contribution is 5.76. The summed E-state index contributed by atoms with van der Waals surface area (Å²) in [5, 5.41) is 10.7. The van der Waals surface area contributed by atoms with Gasteiger partial charge in [-0.1, -0.05) is 6.07 Å². The molecule has 5 nitrogen and oxygen atoms in total. The number of nitrogens with zero attached hydrogens (tertiary/aromatic N) is 2. The molecular formula is C13H7FN2O3. The monoisotopic (exact) mass is 258 g/mol. The topological polar surface area (TPSA) is 69.2 Å². The Morgan fingerprint density at radius 1 is 1.21 bits per heavy atom. The molecule has 0 amide bonds. The lowest BCUT2D eigenvalue weighted by atomic mass is 10.2. The maximum atomic E-state index is 13.0. The molecule has 0 fully saturated rings. The van der Waals surface area contributed by atoms with Gasteiger partial charge in [-0.25, -0.2) is 9.37 Å². The molecule has 1 heterocycles. The Morgan fingerprint density at radius 2 is 2.05 bits per heavy atom. The number of halogens is 1. The van der Waals surface area contributed by atoms with Crippen LogP contribution in [0.5, 0.6) is 0 Å². The fourth-order valence-corrected chi connectivity index (χ4v) is 1.77. The van der Waals surface area contributed by atoms with Gasteiger partial charge < -0.3 is 4.42 Å². The quantitative estimate of drug-likeness (QED) is 0.520. The van der Waals surface area contributed by atoms with Crippen LogP contribution in [0.1, 0.15) is 0 Å². The molecule has 0 radical (unpaired) electrons. The fourth-order valence-electron chi connectivity index (χ4n) is 1.77. The van der Waals surface area contributed by atoms with Gasteiger partial charge in [-0.3, -0.25) is 10.1 Å². The number of nitro benzene ring substituents is 1. The Labute approximate surface area is 106 Å². The molecule has 3 rings (SSSR count). The van der Waals surface area contributed by atoms with E-state index < -0.39 is 10.7 Å². The second kappa shape index (κ2) is 4.16. The summed E-state index contributed by atoms with van der Waals surface area (Å²) in [5.41, 5.74) is 1.24. The molecule has 0 aliphatic carbocycles. The zero-order chi connectivity index (χ0) is 13.4. The summed E-state index contributed by atoms with van der Waals surface area (Å²) in [6.07, 6.45) is 0. The molecule has 19 heavy (non-hydrogen) atoms. The minimum atomic E-state index is -0.494.